The lowest BCUT2D eigenvalue weighted by atomic mass is 9.74. The molecule has 0 aromatic rings. The lowest BCUT2D eigenvalue weighted by Gasteiger charge is -2.30. The van der Waals surface area contributed by atoms with Gasteiger partial charge in [0.1, 0.15) is 0 Å². The van der Waals surface area contributed by atoms with E-state index in [4.69, 9.17) is 5.11 Å². The number of carboxylic acids is 1. The Morgan fingerprint density at radius 2 is 2.29 bits per heavy atom. The van der Waals surface area contributed by atoms with Gasteiger partial charge >= 0.3 is 5.97 Å². The molecule has 0 radical (unpaired) electrons. The van der Waals surface area contributed by atoms with E-state index in [1.54, 1.807) is 0 Å². The van der Waals surface area contributed by atoms with Crippen LogP contribution >= 0.6 is 0 Å². The Bertz CT molecular complexity index is 251. The number of aliphatic carboxylic acids is 1. The molecule has 0 aliphatic heterocycles. The van der Waals surface area contributed by atoms with Crippen LogP contribution in [0.4, 0.5) is 0 Å². The average molecular weight is 196 g/mol. The summed E-state index contributed by atoms with van der Waals surface area (Å²) in [5.41, 5.74) is 1.17. The molecular weight excluding hydrogens is 176 g/mol. The monoisotopic (exact) mass is 196 g/mol. The molecule has 0 heterocycles. The molecule has 0 saturated heterocycles. The molecule has 0 bridgehead atoms. The number of rotatable bonds is 3. The maximum Gasteiger partial charge on any atom is 0.304 e. The van der Waals surface area contributed by atoms with Crippen molar-refractivity contribution >= 4 is 5.97 Å². The van der Waals surface area contributed by atoms with E-state index in [0.29, 0.717) is 0 Å². The van der Waals surface area contributed by atoms with Crippen molar-refractivity contribution in [2.45, 2.75) is 46.5 Å². The average Bonchev–Trinajstić information content (AvgIpc) is 2.02. The summed E-state index contributed by atoms with van der Waals surface area (Å²) in [4.78, 5) is 10.7. The summed E-state index contributed by atoms with van der Waals surface area (Å²) in [6.45, 7) is 6.31. The molecule has 1 atom stereocenters. The Morgan fingerprint density at radius 1 is 1.64 bits per heavy atom. The summed E-state index contributed by atoms with van der Waals surface area (Å²) in [6, 6.07) is 0. The van der Waals surface area contributed by atoms with E-state index >= 15 is 0 Å². The number of hydrogen-bond acceptors (Lipinski definition) is 1. The fraction of sp³-hybridized carbons (Fsp3) is 0.750. The van der Waals surface area contributed by atoms with Gasteiger partial charge in [-0.25, -0.2) is 0 Å². The van der Waals surface area contributed by atoms with Crippen LogP contribution in [0.2, 0.25) is 0 Å². The van der Waals surface area contributed by atoms with Crippen molar-refractivity contribution in [2.24, 2.45) is 11.3 Å². The third-order valence-corrected chi connectivity index (χ3v) is 3.14. The van der Waals surface area contributed by atoms with Gasteiger partial charge in [-0.05, 0) is 30.6 Å². The SMILES string of the molecule is C[C@H]1CC=C(C(C)(C)CC(=O)O)CC1. The van der Waals surface area contributed by atoms with Crippen LogP contribution in [0.5, 0.6) is 0 Å². The van der Waals surface area contributed by atoms with Crippen LogP contribution in [-0.4, -0.2) is 11.1 Å². The smallest absolute Gasteiger partial charge is 0.304 e. The highest BCUT2D eigenvalue weighted by Crippen LogP contribution is 2.37. The second kappa shape index (κ2) is 4.16. The van der Waals surface area contributed by atoms with Crippen molar-refractivity contribution in [3.63, 3.8) is 0 Å². The van der Waals surface area contributed by atoms with Gasteiger partial charge in [0.05, 0.1) is 6.42 Å². The molecule has 14 heavy (non-hydrogen) atoms. The minimum absolute atomic E-state index is 0.161. The Labute approximate surface area is 86.0 Å². The zero-order chi connectivity index (χ0) is 10.8. The van der Waals surface area contributed by atoms with Crippen molar-refractivity contribution in [2.75, 3.05) is 0 Å². The quantitative estimate of drug-likeness (QED) is 0.703. The molecule has 0 saturated carbocycles. The van der Waals surface area contributed by atoms with Crippen LogP contribution < -0.4 is 0 Å². The van der Waals surface area contributed by atoms with E-state index in [-0.39, 0.29) is 11.8 Å². The fourth-order valence-electron chi connectivity index (χ4n) is 2.07. The van der Waals surface area contributed by atoms with E-state index in [1.165, 1.54) is 12.0 Å². The van der Waals surface area contributed by atoms with Crippen LogP contribution in [0.25, 0.3) is 0 Å². The molecule has 0 aromatic carbocycles. The van der Waals surface area contributed by atoms with Gasteiger partial charge in [-0.15, -0.1) is 0 Å². The summed E-state index contributed by atoms with van der Waals surface area (Å²) in [5.74, 6) is 0.0638. The fourth-order valence-corrected chi connectivity index (χ4v) is 2.07. The van der Waals surface area contributed by atoms with Crippen molar-refractivity contribution in [3.05, 3.63) is 11.6 Å². The van der Waals surface area contributed by atoms with Gasteiger partial charge in [0, 0.05) is 0 Å². The van der Waals surface area contributed by atoms with Crippen LogP contribution in [0.15, 0.2) is 11.6 Å². The first kappa shape index (κ1) is 11.3. The van der Waals surface area contributed by atoms with Gasteiger partial charge in [0.25, 0.3) is 0 Å². The molecule has 2 heteroatoms. The summed E-state index contributed by atoms with van der Waals surface area (Å²) in [5, 5.41) is 8.80. The summed E-state index contributed by atoms with van der Waals surface area (Å²) in [6.07, 6.45) is 5.87. The zero-order valence-corrected chi connectivity index (χ0v) is 9.34. The Kier molecular flexibility index (Phi) is 3.35. The number of allylic oxidation sites excluding steroid dienone is 2. The number of carbonyl (C=O) groups is 1. The highest BCUT2D eigenvalue weighted by Gasteiger charge is 2.27. The standard InChI is InChI=1S/C12H20O2/c1-9-4-6-10(7-5-9)12(2,3)8-11(13)14/h6,9H,4-5,7-8H2,1-3H3,(H,13,14)/t9-/m0/s1. The number of carboxylic acid groups (broad SMARTS) is 1. The Hall–Kier alpha value is -0.790. The van der Waals surface area contributed by atoms with Gasteiger partial charge in [-0.2, -0.15) is 0 Å². The molecule has 1 N–H and O–H groups in total. The van der Waals surface area contributed by atoms with E-state index < -0.39 is 5.97 Å². The molecule has 1 aliphatic carbocycles. The maximum absolute atomic E-state index is 10.7. The second-order valence-corrected chi connectivity index (χ2v) is 5.06. The minimum Gasteiger partial charge on any atom is -0.481 e. The molecule has 0 unspecified atom stereocenters. The van der Waals surface area contributed by atoms with E-state index in [2.05, 4.69) is 13.0 Å². The van der Waals surface area contributed by atoms with E-state index in [1.807, 2.05) is 13.8 Å². The molecule has 0 aromatic heterocycles. The normalized spacial score (nSPS) is 23.1. The summed E-state index contributed by atoms with van der Waals surface area (Å²) in [7, 11) is 0. The van der Waals surface area contributed by atoms with Crippen LogP contribution in [-0.2, 0) is 4.79 Å². The van der Waals surface area contributed by atoms with Crippen molar-refractivity contribution in [3.8, 4) is 0 Å². The van der Waals surface area contributed by atoms with E-state index in [0.717, 1.165) is 18.8 Å². The molecule has 0 amide bonds. The van der Waals surface area contributed by atoms with Gasteiger partial charge in [-0.1, -0.05) is 32.4 Å². The van der Waals surface area contributed by atoms with Gasteiger partial charge < -0.3 is 5.11 Å². The lowest BCUT2D eigenvalue weighted by Crippen LogP contribution is -2.21. The van der Waals surface area contributed by atoms with E-state index in [9.17, 15) is 4.79 Å². The topological polar surface area (TPSA) is 37.3 Å². The molecule has 1 rings (SSSR count). The van der Waals surface area contributed by atoms with Crippen molar-refractivity contribution in [1.82, 2.24) is 0 Å². The van der Waals surface area contributed by atoms with Crippen LogP contribution in [0.1, 0.15) is 46.5 Å². The highest BCUT2D eigenvalue weighted by molar-refractivity contribution is 5.68. The predicted octanol–water partition coefficient (Wildman–Crippen LogP) is 3.23. The number of hydrogen-bond donors (Lipinski definition) is 1. The van der Waals surface area contributed by atoms with Gasteiger partial charge in [-0.3, -0.25) is 4.79 Å². The summed E-state index contributed by atoms with van der Waals surface area (Å²) >= 11 is 0. The lowest BCUT2D eigenvalue weighted by molar-refractivity contribution is -0.138. The van der Waals surface area contributed by atoms with Gasteiger partial charge in [0.2, 0.25) is 0 Å². The first-order valence-corrected chi connectivity index (χ1v) is 5.33. The Balaban J connectivity index is 2.67. The summed E-state index contributed by atoms with van der Waals surface area (Å²) < 4.78 is 0. The minimum atomic E-state index is -0.700. The zero-order valence-electron chi connectivity index (χ0n) is 9.34. The molecular formula is C12H20O2. The molecule has 0 spiro atoms. The predicted molar refractivity (Wildman–Crippen MR) is 57.1 cm³/mol. The largest absolute Gasteiger partial charge is 0.481 e. The van der Waals surface area contributed by atoms with Gasteiger partial charge in [0.15, 0.2) is 0 Å². The third-order valence-electron chi connectivity index (χ3n) is 3.14. The third kappa shape index (κ3) is 2.86. The second-order valence-electron chi connectivity index (χ2n) is 5.06. The maximum atomic E-state index is 10.7. The van der Waals surface area contributed by atoms with Crippen molar-refractivity contribution in [1.29, 1.82) is 0 Å². The molecule has 0 fully saturated rings. The molecule has 2 nitrogen and oxygen atoms in total. The first-order valence-electron chi connectivity index (χ1n) is 5.33. The van der Waals surface area contributed by atoms with Crippen LogP contribution in [0, 0.1) is 11.3 Å². The Morgan fingerprint density at radius 3 is 2.71 bits per heavy atom. The van der Waals surface area contributed by atoms with Crippen molar-refractivity contribution < 1.29 is 9.90 Å². The molecule has 1 aliphatic rings. The first-order chi connectivity index (χ1) is 6.42. The highest BCUT2D eigenvalue weighted by atomic mass is 16.4. The van der Waals surface area contributed by atoms with Crippen LogP contribution in [0.3, 0.4) is 0 Å². The molecule has 80 valence electrons.